The topological polar surface area (TPSA) is 66.9 Å². The molecule has 0 aliphatic carbocycles. The van der Waals surface area contributed by atoms with Gasteiger partial charge in [0.15, 0.2) is 0 Å². The Hall–Kier alpha value is -2.14. The lowest BCUT2D eigenvalue weighted by molar-refractivity contribution is 0.0949. The van der Waals surface area contributed by atoms with Crippen LogP contribution < -0.4 is 10.6 Å². The molecule has 2 rings (SSSR count). The van der Waals surface area contributed by atoms with Gasteiger partial charge in [0, 0.05) is 22.8 Å². The normalized spacial score (nSPS) is 11.2. The van der Waals surface area contributed by atoms with E-state index in [0.29, 0.717) is 29.6 Å². The van der Waals surface area contributed by atoms with Gasteiger partial charge in [-0.2, -0.15) is 0 Å². The molecule has 1 aromatic carbocycles. The van der Waals surface area contributed by atoms with Crippen LogP contribution in [0.3, 0.4) is 0 Å². The molecule has 0 fully saturated rings. The van der Waals surface area contributed by atoms with Crippen molar-refractivity contribution in [3.8, 4) is 0 Å². The number of aromatic nitrogens is 2. The maximum atomic E-state index is 12.3. The van der Waals surface area contributed by atoms with Gasteiger partial charge >= 0.3 is 0 Å². The van der Waals surface area contributed by atoms with E-state index in [1.807, 2.05) is 52.0 Å². The number of carbonyl (C=O) groups excluding carboxylic acids is 1. The predicted molar refractivity (Wildman–Crippen MR) is 97.6 cm³/mol. The highest BCUT2D eigenvalue weighted by Gasteiger charge is 2.15. The average Bonchev–Trinajstić information content (AvgIpc) is 2.44. The maximum Gasteiger partial charge on any atom is 0.270 e. The Bertz CT molecular complexity index is 725. The van der Waals surface area contributed by atoms with Crippen LogP contribution in [0.15, 0.2) is 30.3 Å². The maximum absolute atomic E-state index is 12.3. The Labute approximate surface area is 147 Å². The predicted octanol–water partition coefficient (Wildman–Crippen LogP) is 3.62. The smallest absolute Gasteiger partial charge is 0.270 e. The monoisotopic (exact) mass is 346 g/mol. The second-order valence-corrected chi connectivity index (χ2v) is 7.17. The summed E-state index contributed by atoms with van der Waals surface area (Å²) in [4.78, 5) is 20.9. The lowest BCUT2D eigenvalue weighted by Gasteiger charge is -2.20. The Balaban J connectivity index is 1.99. The molecule has 1 aromatic heterocycles. The lowest BCUT2D eigenvalue weighted by atomic mass is 10.1. The van der Waals surface area contributed by atoms with Crippen LogP contribution in [0.4, 0.5) is 5.95 Å². The number of nitrogens with zero attached hydrogens (tertiary/aromatic N) is 2. The number of hydrogen-bond acceptors (Lipinski definition) is 4. The standard InChI is InChI=1S/C18H23ClN4O/c1-12-10-15(22-17(21-12)23-18(2,3)4)16(24)20-9-8-13-6-5-7-14(19)11-13/h5-7,10-11H,8-9H2,1-4H3,(H,20,24)(H,21,22,23). The van der Waals surface area contributed by atoms with Crippen molar-refractivity contribution in [2.24, 2.45) is 0 Å². The first-order valence-corrected chi connectivity index (χ1v) is 8.27. The molecule has 0 aliphatic heterocycles. The molecular weight excluding hydrogens is 324 g/mol. The van der Waals surface area contributed by atoms with E-state index < -0.39 is 0 Å². The van der Waals surface area contributed by atoms with Crippen LogP contribution in [-0.4, -0.2) is 28.0 Å². The molecule has 5 nitrogen and oxygen atoms in total. The zero-order chi connectivity index (χ0) is 17.7. The molecule has 0 unspecified atom stereocenters. The van der Waals surface area contributed by atoms with E-state index in [-0.39, 0.29) is 11.4 Å². The van der Waals surface area contributed by atoms with Crippen LogP contribution in [0, 0.1) is 6.92 Å². The summed E-state index contributed by atoms with van der Waals surface area (Å²) in [6, 6.07) is 9.30. The van der Waals surface area contributed by atoms with Gasteiger partial charge in [-0.25, -0.2) is 9.97 Å². The fraction of sp³-hybridized carbons (Fsp3) is 0.389. The molecule has 6 heteroatoms. The van der Waals surface area contributed by atoms with Crippen molar-refractivity contribution in [2.75, 3.05) is 11.9 Å². The largest absolute Gasteiger partial charge is 0.350 e. The Morgan fingerprint density at radius 1 is 1.21 bits per heavy atom. The van der Waals surface area contributed by atoms with Crippen molar-refractivity contribution in [1.82, 2.24) is 15.3 Å². The molecule has 0 saturated carbocycles. The summed E-state index contributed by atoms with van der Waals surface area (Å²) in [5.41, 5.74) is 2.02. The first kappa shape index (κ1) is 18.2. The fourth-order valence-electron chi connectivity index (χ4n) is 2.18. The van der Waals surface area contributed by atoms with Gasteiger partial charge in [0.1, 0.15) is 5.69 Å². The molecule has 2 N–H and O–H groups in total. The third-order valence-corrected chi connectivity index (χ3v) is 3.40. The number of rotatable bonds is 5. The minimum absolute atomic E-state index is 0.173. The number of carbonyl (C=O) groups is 1. The van der Waals surface area contributed by atoms with E-state index in [4.69, 9.17) is 11.6 Å². The van der Waals surface area contributed by atoms with E-state index in [2.05, 4.69) is 20.6 Å². The number of aryl methyl sites for hydroxylation is 1. The summed E-state index contributed by atoms with van der Waals surface area (Å²) in [5, 5.41) is 6.77. The van der Waals surface area contributed by atoms with E-state index in [9.17, 15) is 4.79 Å². The van der Waals surface area contributed by atoms with Gasteiger partial charge in [-0.3, -0.25) is 4.79 Å². The Morgan fingerprint density at radius 2 is 1.96 bits per heavy atom. The van der Waals surface area contributed by atoms with Crippen LogP contribution in [0.5, 0.6) is 0 Å². The van der Waals surface area contributed by atoms with Crippen LogP contribution in [0.1, 0.15) is 42.5 Å². The van der Waals surface area contributed by atoms with E-state index in [0.717, 1.165) is 11.3 Å². The second kappa shape index (κ2) is 7.62. The van der Waals surface area contributed by atoms with Gasteiger partial charge in [-0.05, 0) is 57.9 Å². The quantitative estimate of drug-likeness (QED) is 0.867. The summed E-state index contributed by atoms with van der Waals surface area (Å²) in [6.07, 6.45) is 0.712. The molecule has 1 heterocycles. The molecule has 128 valence electrons. The molecule has 0 bridgehead atoms. The van der Waals surface area contributed by atoms with Crippen molar-refractivity contribution in [1.29, 1.82) is 0 Å². The summed E-state index contributed by atoms with van der Waals surface area (Å²) in [7, 11) is 0. The third-order valence-electron chi connectivity index (χ3n) is 3.16. The van der Waals surface area contributed by atoms with E-state index in [1.165, 1.54) is 0 Å². The first-order valence-electron chi connectivity index (χ1n) is 7.89. The fourth-order valence-corrected chi connectivity index (χ4v) is 2.39. The van der Waals surface area contributed by atoms with Crippen LogP contribution >= 0.6 is 11.6 Å². The molecule has 0 radical (unpaired) electrons. The molecule has 1 amide bonds. The van der Waals surface area contributed by atoms with Crippen molar-refractivity contribution < 1.29 is 4.79 Å². The van der Waals surface area contributed by atoms with Gasteiger partial charge in [0.25, 0.3) is 5.91 Å². The van der Waals surface area contributed by atoms with Gasteiger partial charge in [-0.1, -0.05) is 23.7 Å². The van der Waals surface area contributed by atoms with Crippen molar-refractivity contribution in [2.45, 2.75) is 39.7 Å². The highest BCUT2D eigenvalue weighted by atomic mass is 35.5. The third kappa shape index (κ3) is 5.81. The zero-order valence-electron chi connectivity index (χ0n) is 14.5. The highest BCUT2D eigenvalue weighted by Crippen LogP contribution is 2.12. The van der Waals surface area contributed by atoms with Crippen molar-refractivity contribution in [3.63, 3.8) is 0 Å². The van der Waals surface area contributed by atoms with Crippen molar-refractivity contribution in [3.05, 3.63) is 52.3 Å². The second-order valence-electron chi connectivity index (χ2n) is 6.73. The van der Waals surface area contributed by atoms with Gasteiger partial charge < -0.3 is 10.6 Å². The summed E-state index contributed by atoms with van der Waals surface area (Å²) < 4.78 is 0. The number of benzene rings is 1. The molecule has 24 heavy (non-hydrogen) atoms. The number of halogens is 1. The first-order chi connectivity index (χ1) is 11.2. The van der Waals surface area contributed by atoms with Gasteiger partial charge in [0.05, 0.1) is 0 Å². The van der Waals surface area contributed by atoms with Crippen molar-refractivity contribution >= 4 is 23.5 Å². The lowest BCUT2D eigenvalue weighted by Crippen LogP contribution is -2.30. The van der Waals surface area contributed by atoms with Crippen LogP contribution in [-0.2, 0) is 6.42 Å². The Kier molecular flexibility index (Phi) is 5.78. The SMILES string of the molecule is Cc1cc(C(=O)NCCc2cccc(Cl)c2)nc(NC(C)(C)C)n1. The molecule has 2 aromatic rings. The molecule has 0 aliphatic rings. The van der Waals surface area contributed by atoms with Gasteiger partial charge in [-0.15, -0.1) is 0 Å². The number of nitrogens with one attached hydrogen (secondary N) is 2. The average molecular weight is 347 g/mol. The minimum atomic E-state index is -0.209. The van der Waals surface area contributed by atoms with Crippen LogP contribution in [0.2, 0.25) is 5.02 Å². The summed E-state index contributed by atoms with van der Waals surface area (Å²) in [5.74, 6) is 0.252. The van der Waals surface area contributed by atoms with E-state index in [1.54, 1.807) is 6.07 Å². The zero-order valence-corrected chi connectivity index (χ0v) is 15.2. The number of anilines is 1. The molecule has 0 atom stereocenters. The number of amides is 1. The van der Waals surface area contributed by atoms with Crippen LogP contribution in [0.25, 0.3) is 0 Å². The summed E-state index contributed by atoms with van der Waals surface area (Å²) >= 11 is 5.96. The minimum Gasteiger partial charge on any atom is -0.350 e. The molecule has 0 spiro atoms. The molecular formula is C18H23ClN4O. The Morgan fingerprint density at radius 3 is 2.62 bits per heavy atom. The molecule has 0 saturated heterocycles. The highest BCUT2D eigenvalue weighted by molar-refractivity contribution is 6.30. The number of hydrogen-bond donors (Lipinski definition) is 2. The van der Waals surface area contributed by atoms with Gasteiger partial charge in [0.2, 0.25) is 5.95 Å². The van der Waals surface area contributed by atoms with E-state index >= 15 is 0 Å². The summed E-state index contributed by atoms with van der Waals surface area (Å²) in [6.45, 7) is 8.42.